The maximum Gasteiger partial charge on any atom is 0.0726 e. The number of nitrogens with one attached hydrogen (secondary N) is 1. The third-order valence-corrected chi connectivity index (χ3v) is 15.9. The van der Waals surface area contributed by atoms with Gasteiger partial charge in [-0.15, -0.1) is 0 Å². The third kappa shape index (κ3) is 5.55. The summed E-state index contributed by atoms with van der Waals surface area (Å²) >= 11 is 0. The van der Waals surface area contributed by atoms with Gasteiger partial charge in [-0.1, -0.05) is 170 Å². The van der Waals surface area contributed by atoms with Crippen LogP contribution in [-0.2, 0) is 5.41 Å². The molecule has 4 aliphatic rings. The maximum absolute atomic E-state index is 3.97. The minimum absolute atomic E-state index is 0.364. The number of fused-ring (bicyclic) bond motifs is 17. The number of aromatic nitrogens is 2. The summed E-state index contributed by atoms with van der Waals surface area (Å²) in [7, 11) is 0. The summed E-state index contributed by atoms with van der Waals surface area (Å²) in [6.07, 6.45) is 15.8. The minimum Gasteiger partial charge on any atom is -0.354 e. The quantitative estimate of drug-likeness (QED) is 0.178. The van der Waals surface area contributed by atoms with E-state index in [4.69, 9.17) is 0 Å². The summed E-state index contributed by atoms with van der Waals surface area (Å²) in [6.45, 7) is 0. The molecule has 2 aromatic heterocycles. The third-order valence-electron chi connectivity index (χ3n) is 15.9. The highest BCUT2D eigenvalue weighted by Crippen LogP contribution is 2.63. The molecule has 15 rings (SSSR count). The Hall–Kier alpha value is -8.46. The fourth-order valence-corrected chi connectivity index (χ4v) is 12.9. The van der Waals surface area contributed by atoms with Gasteiger partial charge < -0.3 is 9.55 Å². The topological polar surface area (TPSA) is 20.7 Å². The van der Waals surface area contributed by atoms with Crippen LogP contribution in [0.15, 0.2) is 225 Å². The number of hydrogen-bond donors (Lipinski definition) is 1. The molecule has 1 N–H and O–H groups in total. The van der Waals surface area contributed by atoms with E-state index < -0.39 is 0 Å². The van der Waals surface area contributed by atoms with Crippen LogP contribution < -0.4 is 0 Å². The molecule has 69 heavy (non-hydrogen) atoms. The monoisotopic (exact) mass is 878 g/mol. The highest BCUT2D eigenvalue weighted by Gasteiger charge is 2.52. The molecule has 0 saturated carbocycles. The molecule has 1 spiro atoms. The molecule has 0 unspecified atom stereocenters. The van der Waals surface area contributed by atoms with Crippen LogP contribution in [0.3, 0.4) is 0 Å². The van der Waals surface area contributed by atoms with Gasteiger partial charge in [-0.05, 0) is 164 Å². The van der Waals surface area contributed by atoms with E-state index in [-0.39, 0.29) is 5.41 Å². The predicted molar refractivity (Wildman–Crippen MR) is 290 cm³/mol. The lowest BCUT2D eigenvalue weighted by Crippen LogP contribution is -2.25. The molecular weight excluding hydrogens is 833 g/mol. The first-order chi connectivity index (χ1) is 34.2. The molecule has 0 saturated heterocycles. The van der Waals surface area contributed by atoms with Crippen LogP contribution in [0.25, 0.3) is 105 Å². The molecular formula is C67H46N2. The normalized spacial score (nSPS) is 15.3. The Morgan fingerprint density at radius 1 is 0.435 bits per heavy atom. The standard InChI is InChI=1S/C67H46N2/c1-3-16-42(17-4-1)47-36-48(43-18-5-2-6-19-43)38-49(37-47)44-20-15-21-50(39-44)69-63-29-14-10-24-53(63)57-41-46(31-35-64(57)69)45-30-34-62-56(40-45)54-32-33-61-65(66(54)68-62)55-25-9-13-28-60(55)67(61)58-26-11-7-22-51(58)52-23-8-12-27-59(52)67/h1-5,7-14,16-18,20,22-41,68H,6,15,19,21H2. The molecule has 0 amide bonds. The molecule has 324 valence electrons. The van der Waals surface area contributed by atoms with Crippen molar-refractivity contribution in [1.29, 1.82) is 0 Å². The van der Waals surface area contributed by atoms with E-state index in [9.17, 15) is 0 Å². The average molecular weight is 879 g/mol. The number of hydrogen-bond acceptors (Lipinski definition) is 0. The van der Waals surface area contributed by atoms with Crippen LogP contribution in [0, 0.1) is 0 Å². The van der Waals surface area contributed by atoms with Crippen molar-refractivity contribution in [1.82, 2.24) is 9.55 Å². The first kappa shape index (κ1) is 38.6. The zero-order chi connectivity index (χ0) is 45.2. The van der Waals surface area contributed by atoms with Crippen molar-refractivity contribution in [2.75, 3.05) is 0 Å². The van der Waals surface area contributed by atoms with Gasteiger partial charge in [-0.2, -0.15) is 0 Å². The van der Waals surface area contributed by atoms with Gasteiger partial charge in [0.25, 0.3) is 0 Å². The fraction of sp³-hybridized carbons (Fsp3) is 0.0746. The summed E-state index contributed by atoms with van der Waals surface area (Å²) in [4.78, 5) is 3.97. The van der Waals surface area contributed by atoms with E-state index in [0.29, 0.717) is 0 Å². The van der Waals surface area contributed by atoms with Gasteiger partial charge in [0.05, 0.1) is 22.0 Å². The number of aromatic amines is 1. The molecule has 9 aromatic carbocycles. The Labute approximate surface area is 401 Å². The summed E-state index contributed by atoms with van der Waals surface area (Å²) in [5, 5.41) is 5.07. The largest absolute Gasteiger partial charge is 0.354 e. The van der Waals surface area contributed by atoms with Crippen LogP contribution in [-0.4, -0.2) is 9.55 Å². The SMILES string of the molecule is C1=CCCC(c2cc(C3=CCCC(n4c5ccccc5c5cc(-c6ccc7[nH]c8c9c(ccc8c7c6)C6(c7ccccc7-c7ccccc76)c6ccccc6-9)ccc54)=C3)cc(-c3ccccc3)c2)=C1. The zero-order valence-electron chi connectivity index (χ0n) is 38.1. The molecule has 2 nitrogen and oxygen atoms in total. The highest BCUT2D eigenvalue weighted by atomic mass is 15.0. The number of H-pyrrole nitrogens is 1. The second kappa shape index (κ2) is 14.8. The number of para-hydroxylation sites is 1. The number of nitrogens with zero attached hydrogens (tertiary/aromatic N) is 1. The Morgan fingerprint density at radius 2 is 1.10 bits per heavy atom. The Balaban J connectivity index is 0.846. The molecule has 0 radical (unpaired) electrons. The number of allylic oxidation sites excluding steroid dienone is 8. The fourth-order valence-electron chi connectivity index (χ4n) is 12.9. The molecule has 11 aromatic rings. The van der Waals surface area contributed by atoms with Gasteiger partial charge in [0, 0.05) is 38.3 Å². The van der Waals surface area contributed by atoms with Crippen LogP contribution in [0.2, 0.25) is 0 Å². The van der Waals surface area contributed by atoms with Crippen molar-refractivity contribution in [2.24, 2.45) is 0 Å². The summed E-state index contributed by atoms with van der Waals surface area (Å²) in [5.74, 6) is 0. The van der Waals surface area contributed by atoms with Crippen molar-refractivity contribution in [2.45, 2.75) is 31.1 Å². The van der Waals surface area contributed by atoms with Crippen LogP contribution in [0.4, 0.5) is 0 Å². The Kier molecular flexibility index (Phi) is 8.27. The Morgan fingerprint density at radius 3 is 1.90 bits per heavy atom. The molecule has 0 fully saturated rings. The van der Waals surface area contributed by atoms with Crippen molar-refractivity contribution in [3.63, 3.8) is 0 Å². The van der Waals surface area contributed by atoms with Crippen molar-refractivity contribution >= 4 is 60.5 Å². The van der Waals surface area contributed by atoms with Crippen molar-refractivity contribution in [3.05, 3.63) is 258 Å². The molecule has 2 heteroatoms. The average Bonchev–Trinajstić information content (AvgIpc) is 4.15. The molecule has 2 heterocycles. The summed E-state index contributed by atoms with van der Waals surface area (Å²) in [5.41, 5.74) is 26.9. The van der Waals surface area contributed by atoms with Gasteiger partial charge in [0.2, 0.25) is 0 Å². The van der Waals surface area contributed by atoms with Gasteiger partial charge >= 0.3 is 0 Å². The summed E-state index contributed by atoms with van der Waals surface area (Å²) in [6, 6.07) is 73.2. The number of benzene rings is 9. The first-order valence-corrected chi connectivity index (χ1v) is 24.6. The van der Waals surface area contributed by atoms with E-state index in [1.807, 2.05) is 0 Å². The smallest absolute Gasteiger partial charge is 0.0726 e. The van der Waals surface area contributed by atoms with E-state index >= 15 is 0 Å². The lowest BCUT2D eigenvalue weighted by molar-refractivity contribution is 0.794. The second-order valence-corrected chi connectivity index (χ2v) is 19.4. The maximum atomic E-state index is 3.97. The Bertz CT molecular complexity index is 4080. The molecule has 4 aliphatic carbocycles. The lowest BCUT2D eigenvalue weighted by atomic mass is 9.70. The second-order valence-electron chi connectivity index (χ2n) is 19.4. The van der Waals surface area contributed by atoms with Crippen molar-refractivity contribution < 1.29 is 0 Å². The van der Waals surface area contributed by atoms with Crippen LogP contribution in [0.5, 0.6) is 0 Å². The van der Waals surface area contributed by atoms with Gasteiger partial charge in [0.15, 0.2) is 0 Å². The van der Waals surface area contributed by atoms with Gasteiger partial charge in [-0.25, -0.2) is 0 Å². The van der Waals surface area contributed by atoms with Gasteiger partial charge in [0.1, 0.15) is 0 Å². The number of rotatable bonds is 5. The van der Waals surface area contributed by atoms with E-state index in [2.05, 4.69) is 234 Å². The molecule has 0 aliphatic heterocycles. The minimum atomic E-state index is -0.364. The predicted octanol–water partition coefficient (Wildman–Crippen LogP) is 17.6. The summed E-state index contributed by atoms with van der Waals surface area (Å²) < 4.78 is 2.53. The lowest BCUT2D eigenvalue weighted by Gasteiger charge is -2.30. The van der Waals surface area contributed by atoms with E-state index in [1.54, 1.807) is 0 Å². The van der Waals surface area contributed by atoms with Crippen LogP contribution >= 0.6 is 0 Å². The van der Waals surface area contributed by atoms with E-state index in [0.717, 1.165) is 31.2 Å². The van der Waals surface area contributed by atoms with Crippen LogP contribution in [0.1, 0.15) is 59.1 Å². The van der Waals surface area contributed by atoms with Gasteiger partial charge in [-0.3, -0.25) is 0 Å². The zero-order valence-corrected chi connectivity index (χ0v) is 38.1. The molecule has 0 bridgehead atoms. The first-order valence-electron chi connectivity index (χ1n) is 24.6. The highest BCUT2D eigenvalue weighted by molar-refractivity contribution is 6.16. The van der Waals surface area contributed by atoms with E-state index in [1.165, 1.54) is 133 Å². The molecule has 0 atom stereocenters. The van der Waals surface area contributed by atoms with Crippen molar-refractivity contribution in [3.8, 4) is 44.5 Å².